The van der Waals surface area contributed by atoms with Gasteiger partial charge in [0.05, 0.1) is 6.10 Å². The van der Waals surface area contributed by atoms with E-state index in [0.717, 1.165) is 42.6 Å². The minimum absolute atomic E-state index is 0.0105. The molecule has 0 saturated heterocycles. The van der Waals surface area contributed by atoms with Crippen LogP contribution in [0.1, 0.15) is 71.6 Å². The van der Waals surface area contributed by atoms with Gasteiger partial charge < -0.3 is 10.4 Å². The molecule has 2 heteroatoms. The molecule has 0 aromatic heterocycles. The second-order valence-corrected chi connectivity index (χ2v) is 9.55. The van der Waals surface area contributed by atoms with E-state index in [9.17, 15) is 5.11 Å². The molecule has 4 aliphatic carbocycles. The monoisotopic (exact) mass is 305 g/mol. The molecule has 4 saturated carbocycles. The van der Waals surface area contributed by atoms with E-state index >= 15 is 0 Å². The van der Waals surface area contributed by atoms with Gasteiger partial charge in [0.1, 0.15) is 0 Å². The lowest BCUT2D eigenvalue weighted by Gasteiger charge is -2.61. The van der Waals surface area contributed by atoms with Crippen molar-refractivity contribution < 1.29 is 5.11 Å². The zero-order chi connectivity index (χ0) is 15.5. The molecule has 0 aliphatic heterocycles. The molecular weight excluding hydrogens is 270 g/mol. The average Bonchev–Trinajstić information content (AvgIpc) is 2.84. The summed E-state index contributed by atoms with van der Waals surface area (Å²) >= 11 is 0. The molecular formula is C20H35NO. The molecule has 126 valence electrons. The molecule has 22 heavy (non-hydrogen) atoms. The van der Waals surface area contributed by atoms with Crippen LogP contribution in [0.15, 0.2) is 0 Å². The van der Waals surface area contributed by atoms with Crippen molar-refractivity contribution >= 4 is 0 Å². The number of aliphatic hydroxyl groups excluding tert-OH is 1. The fraction of sp³-hybridized carbons (Fsp3) is 1.00. The molecule has 0 heterocycles. The van der Waals surface area contributed by atoms with Crippen molar-refractivity contribution in [2.24, 2.45) is 34.5 Å². The van der Waals surface area contributed by atoms with E-state index in [1.165, 1.54) is 44.9 Å². The van der Waals surface area contributed by atoms with Gasteiger partial charge in [-0.2, -0.15) is 0 Å². The minimum atomic E-state index is -0.0105. The van der Waals surface area contributed by atoms with E-state index in [2.05, 4.69) is 26.2 Å². The van der Waals surface area contributed by atoms with Gasteiger partial charge in [-0.3, -0.25) is 0 Å². The third kappa shape index (κ3) is 1.99. The number of hydrogen-bond donors (Lipinski definition) is 2. The Morgan fingerprint density at radius 2 is 1.59 bits per heavy atom. The Hall–Kier alpha value is -0.0800. The van der Waals surface area contributed by atoms with Crippen molar-refractivity contribution in [1.29, 1.82) is 0 Å². The minimum Gasteiger partial charge on any atom is -0.393 e. The topological polar surface area (TPSA) is 32.3 Å². The van der Waals surface area contributed by atoms with Crippen LogP contribution in [-0.2, 0) is 0 Å². The van der Waals surface area contributed by atoms with Crippen LogP contribution < -0.4 is 5.32 Å². The quantitative estimate of drug-likeness (QED) is 0.768. The first-order chi connectivity index (χ1) is 10.5. The third-order valence-corrected chi connectivity index (χ3v) is 8.99. The first kappa shape index (κ1) is 15.4. The summed E-state index contributed by atoms with van der Waals surface area (Å²) in [6.07, 6.45) is 11.9. The van der Waals surface area contributed by atoms with Crippen molar-refractivity contribution in [3.63, 3.8) is 0 Å². The van der Waals surface area contributed by atoms with Crippen molar-refractivity contribution in [2.45, 2.75) is 83.8 Å². The number of fused-ring (bicyclic) bond motifs is 5. The standard InChI is InChI=1S/C20H35NO/c1-19-10-8-14(22)12-13(19)4-5-15-16-6-7-18(21-3)20(16,2)11-9-17(15)19/h13-18,21-22H,4-12H2,1-3H3/t13-,14+,15-,16+,17-,18-,19+,20+/m0/s1. The van der Waals surface area contributed by atoms with Crippen LogP contribution in [0.2, 0.25) is 0 Å². The van der Waals surface area contributed by atoms with Gasteiger partial charge in [-0.25, -0.2) is 0 Å². The lowest BCUT2D eigenvalue weighted by atomic mass is 9.45. The van der Waals surface area contributed by atoms with Gasteiger partial charge in [-0.1, -0.05) is 13.8 Å². The highest BCUT2D eigenvalue weighted by atomic mass is 16.3. The smallest absolute Gasteiger partial charge is 0.0543 e. The second-order valence-electron chi connectivity index (χ2n) is 9.55. The van der Waals surface area contributed by atoms with Gasteiger partial charge in [0.25, 0.3) is 0 Å². The Labute approximate surface area is 136 Å². The zero-order valence-corrected chi connectivity index (χ0v) is 14.8. The van der Waals surface area contributed by atoms with Crippen molar-refractivity contribution in [3.8, 4) is 0 Å². The molecule has 4 fully saturated rings. The number of hydrogen-bond acceptors (Lipinski definition) is 2. The zero-order valence-electron chi connectivity index (χ0n) is 14.8. The molecule has 0 radical (unpaired) electrons. The first-order valence-corrected chi connectivity index (χ1v) is 9.84. The summed E-state index contributed by atoms with van der Waals surface area (Å²) in [5.74, 6) is 3.65. The van der Waals surface area contributed by atoms with Gasteiger partial charge in [-0.15, -0.1) is 0 Å². The van der Waals surface area contributed by atoms with E-state index in [0.29, 0.717) is 10.8 Å². The Kier molecular flexibility index (Phi) is 3.66. The molecule has 0 aromatic rings. The largest absolute Gasteiger partial charge is 0.393 e. The SMILES string of the molecule is CN[C@H]1CC[C@@H]2[C@@H]3CC[C@H]4C[C@H](O)CC[C@@]4(C)[C@H]3CC[C@@]12C. The van der Waals surface area contributed by atoms with Crippen LogP contribution in [0.4, 0.5) is 0 Å². The Morgan fingerprint density at radius 1 is 0.864 bits per heavy atom. The molecule has 2 nitrogen and oxygen atoms in total. The highest BCUT2D eigenvalue weighted by Gasteiger charge is 2.59. The van der Waals surface area contributed by atoms with Crippen LogP contribution in [0.25, 0.3) is 0 Å². The molecule has 0 unspecified atom stereocenters. The molecule has 0 bridgehead atoms. The van der Waals surface area contributed by atoms with E-state index in [1.807, 2.05) is 0 Å². The lowest BCUT2D eigenvalue weighted by Crippen LogP contribution is -2.55. The van der Waals surface area contributed by atoms with Crippen LogP contribution in [0.5, 0.6) is 0 Å². The van der Waals surface area contributed by atoms with E-state index in [-0.39, 0.29) is 6.10 Å². The molecule has 4 aliphatic rings. The summed E-state index contributed by atoms with van der Waals surface area (Å²) in [6, 6.07) is 0.747. The predicted octanol–water partition coefficient (Wildman–Crippen LogP) is 3.98. The summed E-state index contributed by atoms with van der Waals surface area (Å²) in [4.78, 5) is 0. The van der Waals surface area contributed by atoms with Gasteiger partial charge >= 0.3 is 0 Å². The maximum atomic E-state index is 10.1. The summed E-state index contributed by atoms with van der Waals surface area (Å²) in [5.41, 5.74) is 1.08. The fourth-order valence-electron chi connectivity index (χ4n) is 7.71. The third-order valence-electron chi connectivity index (χ3n) is 8.99. The Balaban J connectivity index is 1.61. The Bertz CT molecular complexity index is 437. The van der Waals surface area contributed by atoms with Gasteiger partial charge in [0, 0.05) is 6.04 Å². The van der Waals surface area contributed by atoms with Gasteiger partial charge in [0.15, 0.2) is 0 Å². The summed E-state index contributed by atoms with van der Waals surface area (Å²) in [6.45, 7) is 5.18. The predicted molar refractivity (Wildman–Crippen MR) is 90.6 cm³/mol. The van der Waals surface area contributed by atoms with E-state index in [1.54, 1.807) is 0 Å². The van der Waals surface area contributed by atoms with Crippen molar-refractivity contribution in [3.05, 3.63) is 0 Å². The maximum absolute atomic E-state index is 10.1. The molecule has 0 aromatic carbocycles. The lowest BCUT2D eigenvalue weighted by molar-refractivity contribution is -0.123. The van der Waals surface area contributed by atoms with E-state index < -0.39 is 0 Å². The molecule has 2 N–H and O–H groups in total. The normalized spacial score (nSPS) is 57.8. The van der Waals surface area contributed by atoms with E-state index in [4.69, 9.17) is 0 Å². The molecule has 0 amide bonds. The van der Waals surface area contributed by atoms with Gasteiger partial charge in [-0.05, 0) is 99.3 Å². The van der Waals surface area contributed by atoms with Crippen molar-refractivity contribution in [1.82, 2.24) is 5.32 Å². The highest BCUT2D eigenvalue weighted by Crippen LogP contribution is 2.66. The average molecular weight is 306 g/mol. The van der Waals surface area contributed by atoms with Crippen LogP contribution >= 0.6 is 0 Å². The summed E-state index contributed by atoms with van der Waals surface area (Å²) in [5, 5.41) is 13.7. The first-order valence-electron chi connectivity index (χ1n) is 9.84. The van der Waals surface area contributed by atoms with Crippen LogP contribution in [-0.4, -0.2) is 24.3 Å². The molecule has 0 spiro atoms. The molecule has 8 atom stereocenters. The number of rotatable bonds is 1. The Morgan fingerprint density at radius 3 is 2.36 bits per heavy atom. The number of aliphatic hydroxyl groups is 1. The fourth-order valence-corrected chi connectivity index (χ4v) is 7.71. The maximum Gasteiger partial charge on any atom is 0.0543 e. The second kappa shape index (κ2) is 5.21. The van der Waals surface area contributed by atoms with Gasteiger partial charge in [0.2, 0.25) is 0 Å². The van der Waals surface area contributed by atoms with Crippen LogP contribution in [0, 0.1) is 34.5 Å². The molecule has 4 rings (SSSR count). The van der Waals surface area contributed by atoms with Crippen molar-refractivity contribution in [2.75, 3.05) is 7.05 Å². The summed E-state index contributed by atoms with van der Waals surface area (Å²) in [7, 11) is 2.17. The van der Waals surface area contributed by atoms with Crippen LogP contribution in [0.3, 0.4) is 0 Å². The number of nitrogens with one attached hydrogen (secondary N) is 1. The summed E-state index contributed by atoms with van der Waals surface area (Å²) < 4.78 is 0. The highest BCUT2D eigenvalue weighted by molar-refractivity contribution is 5.10.